The van der Waals surface area contributed by atoms with E-state index in [4.69, 9.17) is 34.0 Å². The Morgan fingerprint density at radius 3 is 2.73 bits per heavy atom. The van der Waals surface area contributed by atoms with Gasteiger partial charge in [-0.05, 0) is 6.07 Å². The number of nitrogens with zero attached hydrogens (tertiary/aromatic N) is 1. The monoisotopic (exact) mass is 192 g/mol. The highest BCUT2D eigenvalue weighted by Gasteiger charge is 2.05. The van der Waals surface area contributed by atoms with Gasteiger partial charge in [0.2, 0.25) is 0 Å². The highest BCUT2D eigenvalue weighted by atomic mass is 35.5. The molecule has 0 fully saturated rings. The summed E-state index contributed by atoms with van der Waals surface area (Å²) in [5.41, 5.74) is 6.22. The van der Waals surface area contributed by atoms with E-state index in [0.29, 0.717) is 5.56 Å². The number of halogens is 2. The van der Waals surface area contributed by atoms with E-state index in [1.54, 1.807) is 0 Å². The van der Waals surface area contributed by atoms with Crippen LogP contribution in [-0.2, 0) is 6.61 Å². The lowest BCUT2D eigenvalue weighted by atomic mass is 10.2. The van der Waals surface area contributed by atoms with Crippen molar-refractivity contribution in [3.8, 4) is 0 Å². The van der Waals surface area contributed by atoms with E-state index in [0.717, 1.165) is 0 Å². The summed E-state index contributed by atoms with van der Waals surface area (Å²) in [5.74, 6) is 0. The number of hydrogen-bond acceptors (Lipinski definition) is 3. The molecule has 1 heterocycles. The Morgan fingerprint density at radius 1 is 1.55 bits per heavy atom. The molecule has 11 heavy (non-hydrogen) atoms. The third-order valence-electron chi connectivity index (χ3n) is 1.24. The fraction of sp³-hybridized carbons (Fsp3) is 0.167. The van der Waals surface area contributed by atoms with Crippen molar-refractivity contribution in [3.63, 3.8) is 0 Å². The van der Waals surface area contributed by atoms with Gasteiger partial charge in [-0.3, -0.25) is 0 Å². The molecule has 0 aliphatic heterocycles. The average Bonchev–Trinajstić information content (AvgIpc) is 1.96. The zero-order valence-electron chi connectivity index (χ0n) is 5.51. The van der Waals surface area contributed by atoms with Gasteiger partial charge in [0.25, 0.3) is 0 Å². The van der Waals surface area contributed by atoms with Gasteiger partial charge in [0.05, 0.1) is 12.3 Å². The van der Waals surface area contributed by atoms with Gasteiger partial charge < -0.3 is 10.8 Å². The van der Waals surface area contributed by atoms with Crippen molar-refractivity contribution in [1.82, 2.24) is 4.98 Å². The summed E-state index contributed by atoms with van der Waals surface area (Å²) in [6.45, 7) is -0.187. The van der Waals surface area contributed by atoms with Gasteiger partial charge in [-0.1, -0.05) is 23.2 Å². The predicted octanol–water partition coefficient (Wildman–Crippen LogP) is 1.46. The molecule has 0 bridgehead atoms. The van der Waals surface area contributed by atoms with E-state index in [-0.39, 0.29) is 22.6 Å². The largest absolute Gasteiger partial charge is 0.396 e. The molecule has 0 atom stereocenters. The highest BCUT2D eigenvalue weighted by molar-refractivity contribution is 6.34. The molecule has 0 unspecified atom stereocenters. The van der Waals surface area contributed by atoms with E-state index in [1.807, 2.05) is 0 Å². The number of nitrogen functional groups attached to an aromatic ring is 1. The molecule has 1 rings (SSSR count). The minimum atomic E-state index is -0.187. The van der Waals surface area contributed by atoms with Gasteiger partial charge in [0.1, 0.15) is 5.15 Å². The van der Waals surface area contributed by atoms with E-state index in [9.17, 15) is 0 Å². The van der Waals surface area contributed by atoms with Crippen LogP contribution in [0.15, 0.2) is 6.07 Å². The summed E-state index contributed by atoms with van der Waals surface area (Å²) >= 11 is 11.1. The minimum absolute atomic E-state index is 0.126. The number of rotatable bonds is 1. The first-order valence-corrected chi connectivity index (χ1v) is 3.62. The van der Waals surface area contributed by atoms with Crippen LogP contribution < -0.4 is 5.73 Å². The molecule has 5 heteroatoms. The summed E-state index contributed by atoms with van der Waals surface area (Å²) < 4.78 is 0. The van der Waals surface area contributed by atoms with Crippen molar-refractivity contribution in [1.29, 1.82) is 0 Å². The van der Waals surface area contributed by atoms with Crippen LogP contribution in [-0.4, -0.2) is 10.1 Å². The predicted molar refractivity (Wildman–Crippen MR) is 44.6 cm³/mol. The zero-order valence-corrected chi connectivity index (χ0v) is 7.02. The second-order valence-electron chi connectivity index (χ2n) is 1.97. The quantitative estimate of drug-likeness (QED) is 0.663. The lowest BCUT2D eigenvalue weighted by molar-refractivity contribution is 0.282. The Labute approximate surface area is 73.8 Å². The molecule has 0 amide bonds. The second kappa shape index (κ2) is 3.26. The lowest BCUT2D eigenvalue weighted by Gasteiger charge is -2.03. The Morgan fingerprint density at radius 2 is 2.18 bits per heavy atom. The summed E-state index contributed by atoms with van der Waals surface area (Å²) in [4.78, 5) is 3.68. The van der Waals surface area contributed by atoms with Crippen molar-refractivity contribution in [2.45, 2.75) is 6.61 Å². The summed E-state index contributed by atoms with van der Waals surface area (Å²) in [6, 6.07) is 1.47. The summed E-state index contributed by atoms with van der Waals surface area (Å²) in [5, 5.41) is 9.10. The van der Waals surface area contributed by atoms with Crippen LogP contribution in [0, 0.1) is 0 Å². The maximum Gasteiger partial charge on any atom is 0.154 e. The second-order valence-corrected chi connectivity index (χ2v) is 2.71. The fourth-order valence-electron chi connectivity index (χ4n) is 0.671. The number of hydrogen-bond donors (Lipinski definition) is 2. The van der Waals surface area contributed by atoms with Crippen LogP contribution in [0.2, 0.25) is 10.3 Å². The van der Waals surface area contributed by atoms with Crippen LogP contribution in [0.4, 0.5) is 5.69 Å². The molecule has 1 aromatic rings. The van der Waals surface area contributed by atoms with Gasteiger partial charge >= 0.3 is 0 Å². The smallest absolute Gasteiger partial charge is 0.154 e. The molecule has 1 aromatic heterocycles. The molecule has 0 spiro atoms. The van der Waals surface area contributed by atoms with Crippen LogP contribution in [0.25, 0.3) is 0 Å². The SMILES string of the molecule is Nc1c(CO)cc(Cl)nc1Cl. The standard InChI is InChI=1S/C6H6Cl2N2O/c7-4-1-3(2-11)5(9)6(8)10-4/h1,11H,2,9H2. The first-order chi connectivity index (χ1) is 5.15. The highest BCUT2D eigenvalue weighted by Crippen LogP contribution is 2.23. The van der Waals surface area contributed by atoms with Gasteiger partial charge in [-0.2, -0.15) is 0 Å². The first-order valence-electron chi connectivity index (χ1n) is 2.86. The number of nitrogens with two attached hydrogens (primary N) is 1. The number of aliphatic hydroxyl groups excluding tert-OH is 1. The molecule has 0 saturated heterocycles. The number of aromatic nitrogens is 1. The Bertz CT molecular complexity index is 278. The van der Waals surface area contributed by atoms with Crippen molar-refractivity contribution in [2.24, 2.45) is 0 Å². The molecule has 0 aliphatic carbocycles. The number of aliphatic hydroxyl groups is 1. The molecular weight excluding hydrogens is 187 g/mol. The zero-order chi connectivity index (χ0) is 8.43. The molecule has 3 N–H and O–H groups in total. The average molecular weight is 193 g/mol. The van der Waals surface area contributed by atoms with E-state index in [1.165, 1.54) is 6.07 Å². The van der Waals surface area contributed by atoms with Crippen molar-refractivity contribution >= 4 is 28.9 Å². The maximum absolute atomic E-state index is 8.74. The van der Waals surface area contributed by atoms with Crippen molar-refractivity contribution in [3.05, 3.63) is 21.9 Å². The number of pyridine rings is 1. The molecule has 0 saturated carbocycles. The normalized spacial score (nSPS) is 10.1. The molecule has 3 nitrogen and oxygen atoms in total. The van der Waals surface area contributed by atoms with Crippen LogP contribution >= 0.6 is 23.2 Å². The molecule has 0 radical (unpaired) electrons. The fourth-order valence-corrected chi connectivity index (χ4v) is 1.14. The Hall–Kier alpha value is -0.510. The van der Waals surface area contributed by atoms with E-state index < -0.39 is 0 Å². The number of anilines is 1. The molecule has 0 aromatic carbocycles. The van der Waals surface area contributed by atoms with Gasteiger partial charge in [-0.15, -0.1) is 0 Å². The minimum Gasteiger partial charge on any atom is -0.396 e. The van der Waals surface area contributed by atoms with Crippen LogP contribution in [0.5, 0.6) is 0 Å². The molecular formula is C6H6Cl2N2O. The van der Waals surface area contributed by atoms with Crippen LogP contribution in [0.3, 0.4) is 0 Å². The first kappa shape index (κ1) is 8.59. The van der Waals surface area contributed by atoms with Gasteiger partial charge in [0.15, 0.2) is 5.15 Å². The van der Waals surface area contributed by atoms with E-state index >= 15 is 0 Å². The Balaban J connectivity index is 3.24. The van der Waals surface area contributed by atoms with Crippen molar-refractivity contribution in [2.75, 3.05) is 5.73 Å². The topological polar surface area (TPSA) is 59.1 Å². The van der Waals surface area contributed by atoms with Crippen molar-refractivity contribution < 1.29 is 5.11 Å². The summed E-state index contributed by atoms with van der Waals surface area (Å²) in [6.07, 6.45) is 0. The maximum atomic E-state index is 8.74. The van der Waals surface area contributed by atoms with E-state index in [2.05, 4.69) is 4.98 Å². The molecule has 60 valence electrons. The molecule has 0 aliphatic rings. The van der Waals surface area contributed by atoms with Gasteiger partial charge in [0, 0.05) is 5.56 Å². The Kier molecular flexibility index (Phi) is 2.54. The van der Waals surface area contributed by atoms with Gasteiger partial charge in [-0.25, -0.2) is 4.98 Å². The van der Waals surface area contributed by atoms with Crippen LogP contribution in [0.1, 0.15) is 5.56 Å². The third-order valence-corrected chi connectivity index (χ3v) is 1.72. The summed E-state index contributed by atoms with van der Waals surface area (Å²) in [7, 11) is 0. The third kappa shape index (κ3) is 1.74. The lowest BCUT2D eigenvalue weighted by Crippen LogP contribution is -1.97.